The van der Waals surface area contributed by atoms with Crippen molar-refractivity contribution >= 4 is 34.3 Å². The molecule has 1 amide bonds. The van der Waals surface area contributed by atoms with Gasteiger partial charge >= 0.3 is 0 Å². The average molecular weight is 359 g/mol. The number of aromatic nitrogens is 2. The summed E-state index contributed by atoms with van der Waals surface area (Å²) < 4.78 is 0. The summed E-state index contributed by atoms with van der Waals surface area (Å²) >= 11 is 1.48. The lowest BCUT2D eigenvalue weighted by Crippen LogP contribution is -2.13. The summed E-state index contributed by atoms with van der Waals surface area (Å²) in [6.45, 7) is 2.01. The molecule has 2 aromatic heterocycles. The van der Waals surface area contributed by atoms with E-state index in [4.69, 9.17) is 0 Å². The van der Waals surface area contributed by atoms with Gasteiger partial charge in [-0.05, 0) is 55.5 Å². The van der Waals surface area contributed by atoms with Crippen molar-refractivity contribution in [3.05, 3.63) is 84.2 Å². The zero-order valence-electron chi connectivity index (χ0n) is 14.2. The van der Waals surface area contributed by atoms with E-state index in [0.29, 0.717) is 10.6 Å². The number of carbonyl (C=O) groups is 1. The number of carbonyl (C=O) groups excluding carboxylic acids is 1. The number of nitrogens with zero attached hydrogens (tertiary/aromatic N) is 1. The minimum Gasteiger partial charge on any atom is -0.359 e. The van der Waals surface area contributed by atoms with Crippen LogP contribution in [0.2, 0.25) is 0 Å². The first-order valence-electron chi connectivity index (χ1n) is 8.28. The summed E-state index contributed by atoms with van der Waals surface area (Å²) in [4.78, 5) is 21.5. The molecule has 5 heteroatoms. The Morgan fingerprint density at radius 1 is 1.04 bits per heavy atom. The zero-order valence-corrected chi connectivity index (χ0v) is 15.0. The minimum absolute atomic E-state index is 0.164. The topological polar surface area (TPSA) is 57.8 Å². The van der Waals surface area contributed by atoms with Crippen LogP contribution in [0, 0.1) is 6.92 Å². The number of benzene rings is 2. The number of hydrogen-bond donors (Lipinski definition) is 2. The molecule has 4 nitrogen and oxygen atoms in total. The van der Waals surface area contributed by atoms with Crippen LogP contribution in [0.5, 0.6) is 0 Å². The molecular weight excluding hydrogens is 342 g/mol. The van der Waals surface area contributed by atoms with E-state index in [1.54, 1.807) is 18.3 Å². The van der Waals surface area contributed by atoms with E-state index in [0.717, 1.165) is 27.2 Å². The minimum atomic E-state index is -0.164. The van der Waals surface area contributed by atoms with Crippen LogP contribution in [-0.2, 0) is 0 Å². The molecule has 26 heavy (non-hydrogen) atoms. The van der Waals surface area contributed by atoms with Crippen LogP contribution in [0.15, 0.2) is 82.8 Å². The Hall–Kier alpha value is -3.05. The molecule has 0 aliphatic heterocycles. The first-order valence-corrected chi connectivity index (χ1v) is 9.09. The number of aromatic amines is 1. The van der Waals surface area contributed by atoms with Crippen molar-refractivity contribution in [2.24, 2.45) is 0 Å². The summed E-state index contributed by atoms with van der Waals surface area (Å²) in [5, 5.41) is 4.74. The number of hydrogen-bond acceptors (Lipinski definition) is 3. The second-order valence-corrected chi connectivity index (χ2v) is 7.04. The van der Waals surface area contributed by atoms with Crippen LogP contribution >= 0.6 is 11.8 Å². The van der Waals surface area contributed by atoms with Crippen molar-refractivity contribution in [1.82, 2.24) is 9.97 Å². The predicted molar refractivity (Wildman–Crippen MR) is 106 cm³/mol. The quantitative estimate of drug-likeness (QED) is 0.521. The van der Waals surface area contributed by atoms with Gasteiger partial charge < -0.3 is 10.3 Å². The van der Waals surface area contributed by atoms with Gasteiger partial charge in [-0.15, -0.1) is 0 Å². The Morgan fingerprint density at radius 3 is 2.73 bits per heavy atom. The largest absolute Gasteiger partial charge is 0.359 e. The molecule has 0 bridgehead atoms. The first-order chi connectivity index (χ1) is 12.7. The highest BCUT2D eigenvalue weighted by molar-refractivity contribution is 7.99. The number of pyridine rings is 1. The highest BCUT2D eigenvalue weighted by Gasteiger charge is 2.14. The third kappa shape index (κ3) is 3.48. The first kappa shape index (κ1) is 16.4. The van der Waals surface area contributed by atoms with Crippen molar-refractivity contribution in [1.29, 1.82) is 0 Å². The van der Waals surface area contributed by atoms with Crippen LogP contribution in [0.4, 0.5) is 5.69 Å². The maximum absolute atomic E-state index is 12.8. The fraction of sp³-hybridized carbons (Fsp3) is 0.0476. The molecule has 2 heterocycles. The van der Waals surface area contributed by atoms with Crippen molar-refractivity contribution in [3.8, 4) is 0 Å². The number of amides is 1. The lowest BCUT2D eigenvalue weighted by molar-refractivity contribution is 0.102. The van der Waals surface area contributed by atoms with Gasteiger partial charge in [-0.3, -0.25) is 4.79 Å². The van der Waals surface area contributed by atoms with Gasteiger partial charge in [0.25, 0.3) is 5.91 Å². The molecule has 0 aliphatic carbocycles. The van der Waals surface area contributed by atoms with Gasteiger partial charge in [0.2, 0.25) is 0 Å². The number of H-pyrrole nitrogens is 1. The number of aryl methyl sites for hydroxylation is 1. The van der Waals surface area contributed by atoms with Crippen molar-refractivity contribution in [3.63, 3.8) is 0 Å². The molecule has 0 saturated heterocycles. The van der Waals surface area contributed by atoms with Crippen LogP contribution in [0.1, 0.15) is 16.1 Å². The summed E-state index contributed by atoms with van der Waals surface area (Å²) in [7, 11) is 0. The second-order valence-electron chi connectivity index (χ2n) is 5.98. The fourth-order valence-corrected chi connectivity index (χ4v) is 3.70. The molecule has 0 saturated carbocycles. The van der Waals surface area contributed by atoms with E-state index in [1.165, 1.54) is 11.8 Å². The normalized spacial score (nSPS) is 10.8. The Labute approximate surface area is 155 Å². The summed E-state index contributed by atoms with van der Waals surface area (Å²) in [5.74, 6) is -0.164. The van der Waals surface area contributed by atoms with Gasteiger partial charge in [0, 0.05) is 33.4 Å². The molecule has 2 N–H and O–H groups in total. The summed E-state index contributed by atoms with van der Waals surface area (Å²) in [6, 6.07) is 21.4. The van der Waals surface area contributed by atoms with Gasteiger partial charge in [-0.2, -0.15) is 0 Å². The molecule has 128 valence electrons. The SMILES string of the molecule is Cc1cc2cc(NC(=O)c3cccnc3Sc3ccccc3)ccc2[nH]1. The van der Waals surface area contributed by atoms with E-state index in [-0.39, 0.29) is 5.91 Å². The third-order valence-electron chi connectivity index (χ3n) is 3.99. The van der Waals surface area contributed by atoms with Crippen LogP contribution in [-0.4, -0.2) is 15.9 Å². The van der Waals surface area contributed by atoms with Crippen molar-refractivity contribution < 1.29 is 4.79 Å². The summed E-state index contributed by atoms with van der Waals surface area (Å²) in [6.07, 6.45) is 1.71. The maximum Gasteiger partial charge on any atom is 0.258 e. The van der Waals surface area contributed by atoms with Gasteiger partial charge in [-0.25, -0.2) is 4.98 Å². The van der Waals surface area contributed by atoms with E-state index < -0.39 is 0 Å². The number of fused-ring (bicyclic) bond motifs is 1. The predicted octanol–water partition coefficient (Wildman–Crippen LogP) is 5.27. The van der Waals surface area contributed by atoms with Gasteiger partial charge in [-0.1, -0.05) is 30.0 Å². The lowest BCUT2D eigenvalue weighted by Gasteiger charge is -2.09. The Balaban J connectivity index is 1.59. The maximum atomic E-state index is 12.8. The lowest BCUT2D eigenvalue weighted by atomic mass is 10.2. The average Bonchev–Trinajstić information content (AvgIpc) is 3.02. The molecule has 4 rings (SSSR count). The number of rotatable bonds is 4. The number of anilines is 1. The third-order valence-corrected chi connectivity index (χ3v) is 5.01. The van der Waals surface area contributed by atoms with Gasteiger partial charge in [0.15, 0.2) is 0 Å². The molecule has 0 atom stereocenters. The molecule has 0 fully saturated rings. The zero-order chi connectivity index (χ0) is 17.9. The highest BCUT2D eigenvalue weighted by atomic mass is 32.2. The molecule has 2 aromatic carbocycles. The van der Waals surface area contributed by atoms with E-state index >= 15 is 0 Å². The standard InChI is InChI=1S/C21H17N3OS/c1-14-12-15-13-16(9-10-19(15)23-14)24-20(25)18-8-5-11-22-21(18)26-17-6-3-2-4-7-17/h2-13,23H,1H3,(H,24,25). The number of nitrogens with one attached hydrogen (secondary N) is 2. The molecule has 4 aromatic rings. The Morgan fingerprint density at radius 2 is 1.88 bits per heavy atom. The molecule has 0 aliphatic rings. The van der Waals surface area contributed by atoms with Gasteiger partial charge in [0.1, 0.15) is 5.03 Å². The highest BCUT2D eigenvalue weighted by Crippen LogP contribution is 2.29. The van der Waals surface area contributed by atoms with Crippen molar-refractivity contribution in [2.45, 2.75) is 16.8 Å². The van der Waals surface area contributed by atoms with Crippen molar-refractivity contribution in [2.75, 3.05) is 5.32 Å². The van der Waals surface area contributed by atoms with E-state index in [1.807, 2.05) is 55.5 Å². The van der Waals surface area contributed by atoms with Gasteiger partial charge in [0.05, 0.1) is 5.56 Å². The molecule has 0 unspecified atom stereocenters. The smallest absolute Gasteiger partial charge is 0.258 e. The van der Waals surface area contributed by atoms with E-state index in [9.17, 15) is 4.79 Å². The van der Waals surface area contributed by atoms with Crippen LogP contribution < -0.4 is 5.32 Å². The Kier molecular flexibility index (Phi) is 4.46. The molecular formula is C21H17N3OS. The molecule has 0 radical (unpaired) electrons. The summed E-state index contributed by atoms with van der Waals surface area (Å²) in [5.41, 5.74) is 3.48. The van der Waals surface area contributed by atoms with Crippen LogP contribution in [0.3, 0.4) is 0 Å². The second kappa shape index (κ2) is 7.06. The fourth-order valence-electron chi connectivity index (χ4n) is 2.80. The van der Waals surface area contributed by atoms with Crippen LogP contribution in [0.25, 0.3) is 10.9 Å². The molecule has 0 spiro atoms. The Bertz CT molecular complexity index is 1070. The monoisotopic (exact) mass is 359 g/mol. The van der Waals surface area contributed by atoms with E-state index in [2.05, 4.69) is 21.4 Å².